The summed E-state index contributed by atoms with van der Waals surface area (Å²) >= 11 is 6.10. The number of anilines is 1. The molecule has 1 aliphatic rings. The van der Waals surface area contributed by atoms with Crippen LogP contribution in [0.4, 0.5) is 5.69 Å². The molecule has 1 aromatic carbocycles. The normalized spacial score (nSPS) is 20.3. The van der Waals surface area contributed by atoms with Gasteiger partial charge in [0.2, 0.25) is 11.8 Å². The van der Waals surface area contributed by atoms with Crippen LogP contribution in [-0.2, 0) is 9.59 Å². The van der Waals surface area contributed by atoms with Gasteiger partial charge in [-0.15, -0.1) is 0 Å². The minimum absolute atomic E-state index is 0.0329. The van der Waals surface area contributed by atoms with Gasteiger partial charge < -0.3 is 10.6 Å². The van der Waals surface area contributed by atoms with Gasteiger partial charge in [-0.2, -0.15) is 5.10 Å². The van der Waals surface area contributed by atoms with Crippen molar-refractivity contribution in [3.63, 3.8) is 0 Å². The van der Waals surface area contributed by atoms with Crippen molar-refractivity contribution >= 4 is 29.1 Å². The summed E-state index contributed by atoms with van der Waals surface area (Å²) in [7, 11) is 0. The lowest BCUT2D eigenvalue weighted by Crippen LogP contribution is -2.64. The molecule has 1 aliphatic heterocycles. The second-order valence-corrected chi connectivity index (χ2v) is 7.19. The van der Waals surface area contributed by atoms with Crippen molar-refractivity contribution in [1.29, 1.82) is 0 Å². The lowest BCUT2D eigenvalue weighted by atomic mass is 9.90. The summed E-state index contributed by atoms with van der Waals surface area (Å²) < 4.78 is 1.56. The summed E-state index contributed by atoms with van der Waals surface area (Å²) in [4.78, 5) is 31.0. The Morgan fingerprint density at radius 3 is 2.96 bits per heavy atom. The van der Waals surface area contributed by atoms with Crippen LogP contribution in [0.15, 0.2) is 30.9 Å². The monoisotopic (exact) mass is 390 g/mol. The fourth-order valence-electron chi connectivity index (χ4n) is 3.40. The first kappa shape index (κ1) is 19.3. The molecule has 1 aromatic heterocycles. The van der Waals surface area contributed by atoms with Crippen LogP contribution < -0.4 is 10.6 Å². The van der Waals surface area contributed by atoms with Crippen LogP contribution in [0.2, 0.25) is 5.02 Å². The number of piperazine rings is 1. The smallest absolute Gasteiger partial charge is 0.240 e. The Labute approximate surface area is 162 Å². The van der Waals surface area contributed by atoms with Gasteiger partial charge in [0.1, 0.15) is 12.7 Å². The molecule has 144 valence electrons. The van der Waals surface area contributed by atoms with Crippen LogP contribution in [0.3, 0.4) is 0 Å². The van der Waals surface area contributed by atoms with Crippen molar-refractivity contribution in [3.8, 4) is 5.69 Å². The number of carbonyl (C=O) groups is 2. The zero-order chi connectivity index (χ0) is 19.4. The summed E-state index contributed by atoms with van der Waals surface area (Å²) in [6, 6.07) is 5.16. The van der Waals surface area contributed by atoms with E-state index in [4.69, 9.17) is 11.6 Å². The Bertz CT molecular complexity index is 825. The highest BCUT2D eigenvalue weighted by Gasteiger charge is 2.41. The molecule has 2 N–H and O–H groups in total. The molecule has 0 bridgehead atoms. The van der Waals surface area contributed by atoms with Crippen LogP contribution in [-0.4, -0.2) is 56.7 Å². The zero-order valence-electron chi connectivity index (χ0n) is 15.4. The summed E-state index contributed by atoms with van der Waals surface area (Å²) in [5.74, 6) is -0.245. The molecule has 27 heavy (non-hydrogen) atoms. The second kappa shape index (κ2) is 8.06. The maximum absolute atomic E-state index is 12.7. The van der Waals surface area contributed by atoms with E-state index in [1.165, 1.54) is 6.33 Å². The standard InChI is InChI=1S/C18H23ClN6O2/c1-3-6-18(2)17(27)21-7-8-24(18)10-16(26)23-14-9-13(19)4-5-15(14)25-12-20-11-22-25/h4-5,9,11-12H,3,6-8,10H2,1-2H3,(H,21,27)(H,23,26). The van der Waals surface area contributed by atoms with Gasteiger partial charge in [0.05, 0.1) is 23.5 Å². The predicted molar refractivity (Wildman–Crippen MR) is 103 cm³/mol. The number of amides is 2. The van der Waals surface area contributed by atoms with Crippen molar-refractivity contribution in [2.45, 2.75) is 32.2 Å². The lowest BCUT2D eigenvalue weighted by Gasteiger charge is -2.43. The molecule has 3 rings (SSSR count). The maximum Gasteiger partial charge on any atom is 0.240 e. The van der Waals surface area contributed by atoms with E-state index < -0.39 is 5.54 Å². The SMILES string of the molecule is CCCC1(C)C(=O)NCCN1CC(=O)Nc1cc(Cl)ccc1-n1cncn1. The summed E-state index contributed by atoms with van der Waals surface area (Å²) in [6.45, 7) is 5.20. The number of carbonyl (C=O) groups excluding carboxylic acids is 2. The summed E-state index contributed by atoms with van der Waals surface area (Å²) in [5.41, 5.74) is 0.516. The fraction of sp³-hybridized carbons (Fsp3) is 0.444. The zero-order valence-corrected chi connectivity index (χ0v) is 16.2. The van der Waals surface area contributed by atoms with Gasteiger partial charge >= 0.3 is 0 Å². The third kappa shape index (κ3) is 4.12. The van der Waals surface area contributed by atoms with E-state index in [1.807, 2.05) is 18.7 Å². The second-order valence-electron chi connectivity index (χ2n) is 6.75. The number of aromatic nitrogens is 3. The molecule has 0 radical (unpaired) electrons. The van der Waals surface area contributed by atoms with E-state index in [2.05, 4.69) is 20.7 Å². The molecule has 0 spiro atoms. The Hall–Kier alpha value is -2.45. The van der Waals surface area contributed by atoms with E-state index in [0.29, 0.717) is 35.9 Å². The van der Waals surface area contributed by atoms with Crippen LogP contribution in [0.5, 0.6) is 0 Å². The van der Waals surface area contributed by atoms with Crippen molar-refractivity contribution in [2.75, 3.05) is 25.0 Å². The van der Waals surface area contributed by atoms with Gasteiger partial charge in [0.15, 0.2) is 0 Å². The number of hydrogen-bond donors (Lipinski definition) is 2. The van der Waals surface area contributed by atoms with E-state index in [9.17, 15) is 9.59 Å². The molecule has 2 amide bonds. The average molecular weight is 391 g/mol. The quantitative estimate of drug-likeness (QED) is 0.785. The largest absolute Gasteiger partial charge is 0.353 e. The van der Waals surface area contributed by atoms with Crippen LogP contribution >= 0.6 is 11.6 Å². The number of halogens is 1. The topological polar surface area (TPSA) is 92.2 Å². The van der Waals surface area contributed by atoms with Gasteiger partial charge in [0.25, 0.3) is 0 Å². The Kier molecular flexibility index (Phi) is 5.76. The van der Waals surface area contributed by atoms with Crippen molar-refractivity contribution in [1.82, 2.24) is 25.0 Å². The lowest BCUT2D eigenvalue weighted by molar-refractivity contribution is -0.138. The first-order valence-electron chi connectivity index (χ1n) is 8.92. The number of nitrogens with one attached hydrogen (secondary N) is 2. The molecule has 1 saturated heterocycles. The van der Waals surface area contributed by atoms with Crippen molar-refractivity contribution in [2.24, 2.45) is 0 Å². The number of benzene rings is 1. The minimum Gasteiger partial charge on any atom is -0.353 e. The van der Waals surface area contributed by atoms with E-state index in [-0.39, 0.29) is 18.4 Å². The molecule has 2 heterocycles. The molecule has 1 fully saturated rings. The number of nitrogens with zero attached hydrogens (tertiary/aromatic N) is 4. The molecule has 8 nitrogen and oxygen atoms in total. The number of hydrogen-bond acceptors (Lipinski definition) is 5. The highest BCUT2D eigenvalue weighted by molar-refractivity contribution is 6.31. The third-order valence-electron chi connectivity index (χ3n) is 4.82. The van der Waals surface area contributed by atoms with Gasteiger partial charge in [-0.25, -0.2) is 9.67 Å². The molecule has 1 atom stereocenters. The van der Waals surface area contributed by atoms with Crippen molar-refractivity contribution in [3.05, 3.63) is 35.9 Å². The summed E-state index contributed by atoms with van der Waals surface area (Å²) in [5, 5.41) is 10.4. The van der Waals surface area contributed by atoms with E-state index in [1.54, 1.807) is 29.2 Å². The van der Waals surface area contributed by atoms with E-state index in [0.717, 1.165) is 6.42 Å². The molecular formula is C18H23ClN6O2. The molecule has 2 aromatic rings. The number of rotatable bonds is 6. The highest BCUT2D eigenvalue weighted by atomic mass is 35.5. The van der Waals surface area contributed by atoms with Crippen LogP contribution in [0.1, 0.15) is 26.7 Å². The first-order chi connectivity index (χ1) is 12.9. The Morgan fingerprint density at radius 1 is 1.44 bits per heavy atom. The van der Waals surface area contributed by atoms with Crippen molar-refractivity contribution < 1.29 is 9.59 Å². The fourth-order valence-corrected chi connectivity index (χ4v) is 3.57. The van der Waals surface area contributed by atoms with Gasteiger partial charge in [0, 0.05) is 18.1 Å². The predicted octanol–water partition coefficient (Wildman–Crippen LogP) is 1.85. The van der Waals surface area contributed by atoms with Crippen LogP contribution in [0, 0.1) is 0 Å². The molecule has 1 unspecified atom stereocenters. The first-order valence-corrected chi connectivity index (χ1v) is 9.29. The minimum atomic E-state index is -0.687. The van der Waals surface area contributed by atoms with Crippen LogP contribution in [0.25, 0.3) is 5.69 Å². The molecule has 9 heteroatoms. The van der Waals surface area contributed by atoms with Gasteiger partial charge in [-0.05, 0) is 31.5 Å². The Balaban J connectivity index is 1.78. The average Bonchev–Trinajstić information content (AvgIpc) is 3.14. The summed E-state index contributed by atoms with van der Waals surface area (Å²) in [6.07, 6.45) is 4.51. The van der Waals surface area contributed by atoms with Gasteiger partial charge in [-0.3, -0.25) is 14.5 Å². The van der Waals surface area contributed by atoms with E-state index >= 15 is 0 Å². The van der Waals surface area contributed by atoms with Gasteiger partial charge in [-0.1, -0.05) is 24.9 Å². The molecule has 0 saturated carbocycles. The Morgan fingerprint density at radius 2 is 2.26 bits per heavy atom. The third-order valence-corrected chi connectivity index (χ3v) is 5.06. The molecular weight excluding hydrogens is 368 g/mol. The maximum atomic E-state index is 12.7. The molecule has 0 aliphatic carbocycles. The highest BCUT2D eigenvalue weighted by Crippen LogP contribution is 2.26.